The van der Waals surface area contributed by atoms with Crippen molar-refractivity contribution in [3.8, 4) is 5.75 Å². The molecule has 2 aromatic rings. The van der Waals surface area contributed by atoms with Crippen molar-refractivity contribution in [2.45, 2.75) is 6.61 Å². The summed E-state index contributed by atoms with van der Waals surface area (Å²) in [6.07, 6.45) is 0. The molecule has 22 heavy (non-hydrogen) atoms. The molecule has 0 fully saturated rings. The second-order valence-corrected chi connectivity index (χ2v) is 7.44. The first kappa shape index (κ1) is 16.2. The van der Waals surface area contributed by atoms with Gasteiger partial charge in [-0.1, -0.05) is 41.4 Å². The van der Waals surface area contributed by atoms with Gasteiger partial charge in [0.1, 0.15) is 6.61 Å². The van der Waals surface area contributed by atoms with Crippen LogP contribution >= 0.6 is 50.9 Å². The standard InChI is InChI=1S/C16H12BrCl2NOS/c17-12-7-11(16-20-5-6-22-16)8-14(19)15(12)21-9-10-3-1-2-4-13(10)18/h1-4,7-8H,5-6,9H2. The van der Waals surface area contributed by atoms with Gasteiger partial charge < -0.3 is 4.74 Å². The quantitative estimate of drug-likeness (QED) is 0.625. The van der Waals surface area contributed by atoms with Crippen LogP contribution < -0.4 is 4.74 Å². The zero-order valence-corrected chi connectivity index (χ0v) is 15.4. The Balaban J connectivity index is 1.81. The molecule has 0 spiro atoms. The Morgan fingerprint density at radius 3 is 2.68 bits per heavy atom. The van der Waals surface area contributed by atoms with Gasteiger partial charge in [0.05, 0.1) is 14.5 Å². The lowest BCUT2D eigenvalue weighted by Gasteiger charge is -2.12. The molecular formula is C16H12BrCl2NOS. The first-order chi connectivity index (χ1) is 10.6. The Labute approximate surface area is 152 Å². The van der Waals surface area contributed by atoms with Crippen LogP contribution in [0.5, 0.6) is 5.75 Å². The number of aliphatic imine (C=N–C) groups is 1. The van der Waals surface area contributed by atoms with Crippen LogP contribution in [0.25, 0.3) is 0 Å². The first-order valence-corrected chi connectivity index (χ1v) is 9.21. The molecule has 0 radical (unpaired) electrons. The number of thioether (sulfide) groups is 1. The van der Waals surface area contributed by atoms with Gasteiger partial charge in [0.15, 0.2) is 5.75 Å². The van der Waals surface area contributed by atoms with Crippen LogP contribution in [0.1, 0.15) is 11.1 Å². The van der Waals surface area contributed by atoms with Crippen molar-refractivity contribution in [1.82, 2.24) is 0 Å². The van der Waals surface area contributed by atoms with Crippen molar-refractivity contribution in [3.63, 3.8) is 0 Å². The van der Waals surface area contributed by atoms with E-state index in [-0.39, 0.29) is 0 Å². The third kappa shape index (κ3) is 3.62. The lowest BCUT2D eigenvalue weighted by atomic mass is 10.2. The highest BCUT2D eigenvalue weighted by Gasteiger charge is 2.15. The van der Waals surface area contributed by atoms with Gasteiger partial charge in [-0.15, -0.1) is 11.8 Å². The SMILES string of the molecule is Clc1ccccc1COc1c(Cl)cc(C2=NCCS2)cc1Br. The van der Waals surface area contributed by atoms with Crippen LogP contribution in [0.4, 0.5) is 0 Å². The van der Waals surface area contributed by atoms with Gasteiger partial charge in [-0.05, 0) is 34.1 Å². The van der Waals surface area contributed by atoms with Gasteiger partial charge in [-0.25, -0.2) is 0 Å². The van der Waals surface area contributed by atoms with E-state index in [1.807, 2.05) is 36.4 Å². The summed E-state index contributed by atoms with van der Waals surface area (Å²) < 4.78 is 6.66. The lowest BCUT2D eigenvalue weighted by molar-refractivity contribution is 0.304. The molecule has 0 N–H and O–H groups in total. The lowest BCUT2D eigenvalue weighted by Crippen LogP contribution is -1.99. The fourth-order valence-electron chi connectivity index (χ4n) is 2.10. The molecule has 0 atom stereocenters. The van der Waals surface area contributed by atoms with Gasteiger partial charge in [0, 0.05) is 28.4 Å². The molecule has 6 heteroatoms. The third-order valence-electron chi connectivity index (χ3n) is 3.16. The topological polar surface area (TPSA) is 21.6 Å². The molecule has 0 unspecified atom stereocenters. The molecule has 0 amide bonds. The van der Waals surface area contributed by atoms with E-state index in [0.717, 1.165) is 32.9 Å². The molecule has 0 aliphatic carbocycles. The molecular weight excluding hydrogens is 405 g/mol. The fourth-order valence-corrected chi connectivity index (χ4v) is 4.09. The number of halogens is 3. The zero-order valence-electron chi connectivity index (χ0n) is 11.5. The number of hydrogen-bond donors (Lipinski definition) is 0. The van der Waals surface area contributed by atoms with E-state index in [0.29, 0.717) is 22.4 Å². The van der Waals surface area contributed by atoms with Crippen molar-refractivity contribution in [3.05, 3.63) is 62.0 Å². The maximum atomic E-state index is 6.37. The highest BCUT2D eigenvalue weighted by molar-refractivity contribution is 9.10. The Bertz CT molecular complexity index is 713. The molecule has 1 aliphatic heterocycles. The van der Waals surface area contributed by atoms with Gasteiger partial charge in [0.25, 0.3) is 0 Å². The molecule has 0 saturated carbocycles. The molecule has 1 aliphatic rings. The Kier molecular flexibility index (Phi) is 5.34. The average Bonchev–Trinajstić information content (AvgIpc) is 3.02. The van der Waals surface area contributed by atoms with E-state index in [9.17, 15) is 0 Å². The summed E-state index contributed by atoms with van der Waals surface area (Å²) in [5.41, 5.74) is 1.94. The second-order valence-electron chi connectivity index (χ2n) is 4.68. The molecule has 3 rings (SSSR count). The van der Waals surface area contributed by atoms with Gasteiger partial charge >= 0.3 is 0 Å². The molecule has 1 heterocycles. The van der Waals surface area contributed by atoms with E-state index >= 15 is 0 Å². The van der Waals surface area contributed by atoms with Gasteiger partial charge in [-0.2, -0.15) is 0 Å². The minimum atomic E-state index is 0.368. The van der Waals surface area contributed by atoms with Crippen molar-refractivity contribution >= 4 is 55.9 Å². The normalized spacial score (nSPS) is 14.0. The van der Waals surface area contributed by atoms with E-state index in [1.54, 1.807) is 11.8 Å². The Morgan fingerprint density at radius 2 is 2.00 bits per heavy atom. The maximum Gasteiger partial charge on any atom is 0.152 e. The Hall–Kier alpha value is -0.680. The zero-order chi connectivity index (χ0) is 15.5. The smallest absolute Gasteiger partial charge is 0.152 e. The van der Waals surface area contributed by atoms with Crippen LogP contribution in [0.3, 0.4) is 0 Å². The van der Waals surface area contributed by atoms with Crippen LogP contribution in [0.15, 0.2) is 45.9 Å². The summed E-state index contributed by atoms with van der Waals surface area (Å²) in [5, 5.41) is 2.27. The maximum absolute atomic E-state index is 6.37. The van der Waals surface area contributed by atoms with E-state index in [1.165, 1.54) is 0 Å². The summed E-state index contributed by atoms with van der Waals surface area (Å²) in [4.78, 5) is 4.46. The molecule has 114 valence electrons. The predicted octanol–water partition coefficient (Wildman–Crippen LogP) is 5.83. The number of benzene rings is 2. The largest absolute Gasteiger partial charge is 0.486 e. The van der Waals surface area contributed by atoms with Crippen LogP contribution in [-0.4, -0.2) is 17.3 Å². The number of hydrogen-bond acceptors (Lipinski definition) is 3. The molecule has 0 bridgehead atoms. The highest BCUT2D eigenvalue weighted by atomic mass is 79.9. The summed E-state index contributed by atoms with van der Waals surface area (Å²) >= 11 is 17.8. The molecule has 2 aromatic carbocycles. The summed E-state index contributed by atoms with van der Waals surface area (Å²) in [6.45, 7) is 1.23. The minimum Gasteiger partial charge on any atom is -0.486 e. The van der Waals surface area contributed by atoms with Crippen molar-refractivity contribution < 1.29 is 4.74 Å². The number of rotatable bonds is 4. The monoisotopic (exact) mass is 415 g/mol. The number of nitrogens with zero attached hydrogens (tertiary/aromatic N) is 1. The van der Waals surface area contributed by atoms with Gasteiger partial charge in [0.2, 0.25) is 0 Å². The first-order valence-electron chi connectivity index (χ1n) is 6.68. The average molecular weight is 417 g/mol. The summed E-state index contributed by atoms with van der Waals surface area (Å²) in [6, 6.07) is 11.5. The van der Waals surface area contributed by atoms with Crippen molar-refractivity contribution in [2.75, 3.05) is 12.3 Å². The third-order valence-corrected chi connectivity index (χ3v) is 5.42. The van der Waals surface area contributed by atoms with Crippen LogP contribution in [0.2, 0.25) is 10.0 Å². The highest BCUT2D eigenvalue weighted by Crippen LogP contribution is 2.37. The summed E-state index contributed by atoms with van der Waals surface area (Å²) in [7, 11) is 0. The molecule has 0 saturated heterocycles. The second kappa shape index (κ2) is 7.26. The number of ether oxygens (including phenoxy) is 1. The van der Waals surface area contributed by atoms with Gasteiger partial charge in [-0.3, -0.25) is 4.99 Å². The fraction of sp³-hybridized carbons (Fsp3) is 0.188. The van der Waals surface area contributed by atoms with Crippen LogP contribution in [-0.2, 0) is 6.61 Å². The van der Waals surface area contributed by atoms with Crippen molar-refractivity contribution in [1.29, 1.82) is 0 Å². The molecule has 0 aromatic heterocycles. The van der Waals surface area contributed by atoms with Crippen molar-refractivity contribution in [2.24, 2.45) is 4.99 Å². The van der Waals surface area contributed by atoms with E-state index in [2.05, 4.69) is 20.9 Å². The predicted molar refractivity (Wildman–Crippen MR) is 98.8 cm³/mol. The van der Waals surface area contributed by atoms with E-state index < -0.39 is 0 Å². The Morgan fingerprint density at radius 1 is 1.18 bits per heavy atom. The summed E-state index contributed by atoms with van der Waals surface area (Å²) in [5.74, 6) is 1.64. The van der Waals surface area contributed by atoms with E-state index in [4.69, 9.17) is 27.9 Å². The minimum absolute atomic E-state index is 0.368. The van der Waals surface area contributed by atoms with Crippen LogP contribution in [0, 0.1) is 0 Å². The molecule has 2 nitrogen and oxygen atoms in total.